The van der Waals surface area contributed by atoms with E-state index >= 15 is 4.79 Å². The molecule has 18 N–H and O–H groups in total. The van der Waals surface area contributed by atoms with Gasteiger partial charge in [-0.2, -0.15) is 0 Å². The SMILES string of the molecule is CC(C)C[C@H](NC(=O)[C@@H](Cc1cccnc1)NC(=O)[C@H](CCc1ccc2c(c1)OCO2)NC(=O)[C@H](CO)NC(=O)[C@@H](Cc1cccnc1)NC(=O)[C@@H](Cc1ccc(Cl)cc1)NC(=O)[C@@H](Cc1cccc2ccccc12)NC(N)=O)C(=O)N[C@@H](CCCNC(=N)N)C(=O)N1CCC[C@H]1C(=O)N[C@H](C)C(N)=O. The molecule has 0 spiro atoms. The number of nitrogens with zero attached hydrogens (tertiary/aromatic N) is 3. The molecule has 0 bridgehead atoms. The van der Waals surface area contributed by atoms with Crippen LogP contribution in [0.25, 0.3) is 10.8 Å². The zero-order valence-corrected chi connectivity index (χ0v) is 59.1. The fraction of sp³-hybridized carbons (Fsp3) is 0.397. The topological polar surface area (TPSA) is 478 Å². The molecule has 31 nitrogen and oxygen atoms in total. The molecule has 2 aliphatic heterocycles. The van der Waals surface area contributed by atoms with E-state index < -0.39 is 132 Å². The molecule has 8 rings (SSSR count). The van der Waals surface area contributed by atoms with Gasteiger partial charge >= 0.3 is 6.03 Å². The van der Waals surface area contributed by atoms with Crippen LogP contribution >= 0.6 is 11.6 Å². The zero-order chi connectivity index (χ0) is 75.7. The Morgan fingerprint density at radius 2 is 1.10 bits per heavy atom. The van der Waals surface area contributed by atoms with Crippen LogP contribution in [0.4, 0.5) is 4.79 Å². The number of hydrogen-bond donors (Lipinski definition) is 15. The van der Waals surface area contributed by atoms with Gasteiger partial charge in [0.15, 0.2) is 17.5 Å². The number of aryl methyl sites for hydroxylation is 1. The van der Waals surface area contributed by atoms with Crippen molar-refractivity contribution in [1.29, 1.82) is 5.41 Å². The van der Waals surface area contributed by atoms with Gasteiger partial charge in [0.2, 0.25) is 65.9 Å². The Labute approximate surface area is 611 Å². The minimum Gasteiger partial charge on any atom is -0.454 e. The monoisotopic (exact) mass is 1460 g/mol. The summed E-state index contributed by atoms with van der Waals surface area (Å²) in [4.78, 5) is 166. The second-order valence-electron chi connectivity index (χ2n) is 26.1. The van der Waals surface area contributed by atoms with Gasteiger partial charge in [0.05, 0.1) is 6.61 Å². The summed E-state index contributed by atoms with van der Waals surface area (Å²) in [7, 11) is 0. The van der Waals surface area contributed by atoms with Gasteiger partial charge in [0.25, 0.3) is 0 Å². The number of rotatable bonds is 37. The number of urea groups is 1. The second-order valence-corrected chi connectivity index (χ2v) is 26.6. The number of fused-ring (bicyclic) bond motifs is 2. The number of likely N-dealkylation sites (tertiary alicyclic amines) is 1. The molecule has 32 heteroatoms. The summed E-state index contributed by atoms with van der Waals surface area (Å²) in [5.74, 6) is -8.12. The van der Waals surface area contributed by atoms with Crippen molar-refractivity contribution in [2.45, 2.75) is 152 Å². The number of primary amides is 2. The second kappa shape index (κ2) is 38.7. The third-order valence-electron chi connectivity index (χ3n) is 17.7. The summed E-state index contributed by atoms with van der Waals surface area (Å²) in [6.45, 7) is 4.17. The maximum Gasteiger partial charge on any atom is 0.312 e. The van der Waals surface area contributed by atoms with E-state index in [4.69, 9.17) is 43.7 Å². The molecule has 0 aliphatic carbocycles. The van der Waals surface area contributed by atoms with E-state index in [9.17, 15) is 53.1 Å². The van der Waals surface area contributed by atoms with E-state index in [0.717, 1.165) is 10.8 Å². The Balaban J connectivity index is 1.04. The highest BCUT2D eigenvalue weighted by Crippen LogP contribution is 2.33. The van der Waals surface area contributed by atoms with Crippen LogP contribution in [0, 0.1) is 11.3 Å². The minimum absolute atomic E-state index is 0.0111. The molecule has 0 unspecified atom stereocenters. The molecule has 558 valence electrons. The van der Waals surface area contributed by atoms with Crippen molar-refractivity contribution in [3.8, 4) is 11.5 Å². The Hall–Kier alpha value is -11.5. The van der Waals surface area contributed by atoms with Crippen molar-refractivity contribution >= 4 is 93.4 Å². The lowest BCUT2D eigenvalue weighted by atomic mass is 9.97. The highest BCUT2D eigenvalue weighted by atomic mass is 35.5. The molecular formula is C73H90ClN17O14. The highest BCUT2D eigenvalue weighted by molar-refractivity contribution is 6.30. The Bertz CT molecular complexity index is 4060. The number of nitrogens with two attached hydrogens (primary N) is 3. The number of ether oxygens (including phenoxy) is 2. The number of pyridine rings is 2. The first-order chi connectivity index (χ1) is 50.3. The number of aliphatic hydroxyl groups is 1. The lowest BCUT2D eigenvalue weighted by molar-refractivity contribution is -0.142. The van der Waals surface area contributed by atoms with E-state index in [0.29, 0.717) is 50.8 Å². The fourth-order valence-electron chi connectivity index (χ4n) is 12.2. The van der Waals surface area contributed by atoms with Crippen LogP contribution in [0.2, 0.25) is 5.02 Å². The van der Waals surface area contributed by atoms with Crippen LogP contribution in [0.1, 0.15) is 87.1 Å². The average molecular weight is 1470 g/mol. The number of carbonyl (C=O) groups is 11. The molecule has 0 radical (unpaired) electrons. The van der Waals surface area contributed by atoms with E-state index in [2.05, 4.69) is 63.1 Å². The van der Waals surface area contributed by atoms with Gasteiger partial charge in [0.1, 0.15) is 60.4 Å². The van der Waals surface area contributed by atoms with Crippen LogP contribution in [0.15, 0.2) is 134 Å². The number of hydrogen-bond acceptors (Lipinski definition) is 17. The number of amides is 12. The Kier molecular flexibility index (Phi) is 29.2. The summed E-state index contributed by atoms with van der Waals surface area (Å²) in [5.41, 5.74) is 19.3. The van der Waals surface area contributed by atoms with Gasteiger partial charge in [-0.05, 0) is 133 Å². The van der Waals surface area contributed by atoms with Crippen LogP contribution in [-0.4, -0.2) is 178 Å². The van der Waals surface area contributed by atoms with E-state index in [1.807, 2.05) is 30.3 Å². The molecule has 12 amide bonds. The number of nitrogens with one attached hydrogen (secondary N) is 11. The molecule has 4 heterocycles. The zero-order valence-electron chi connectivity index (χ0n) is 58.4. The summed E-state index contributed by atoms with van der Waals surface area (Å²) < 4.78 is 11.1. The van der Waals surface area contributed by atoms with Crippen molar-refractivity contribution < 1.29 is 67.3 Å². The molecule has 1 fully saturated rings. The molecule has 1 saturated heterocycles. The molecule has 0 saturated carbocycles. The standard InChI is InChI=1S/C73H90ClN17O14/c1-41(2)31-53(64(95)84-52(17-9-29-81-72(76)77)71(102)91-30-10-18-59(91)70(101)82-42(3)62(75)93)85-66(97)55(33-45-11-7-27-79-37-45)86-63(94)51(25-21-44-22-26-60-61(35-44)105-40-104-60)83-69(100)58(39-92)89-67(98)56(34-46-12-8-28-80-38-46)88-65(96)54(32-43-19-23-49(74)24-20-43)87-68(99)57(90-73(78)103)36-48-15-6-14-47-13-4-5-16-50(47)48/h4-8,11-16,19-20,22-24,26-28,35,37-38,41-42,51-59,92H,9-10,17-18,21,25,29-34,36,39-40H2,1-3H3,(H2,75,93)(H,82,101)(H,83,100)(H,84,95)(H,85,97)(H,86,94)(H,87,99)(H,88,96)(H,89,98)(H4,76,77,81)(H3,78,90,103)/t42-,51+,52+,53+,54-,55-,56-,57-,58+,59+/m1/s1. The van der Waals surface area contributed by atoms with Crippen molar-refractivity contribution in [2.75, 3.05) is 26.5 Å². The predicted octanol–water partition coefficient (Wildman–Crippen LogP) is 0.628. The molecule has 2 aliphatic rings. The van der Waals surface area contributed by atoms with Gasteiger partial charge in [-0.25, -0.2) is 4.79 Å². The van der Waals surface area contributed by atoms with Gasteiger partial charge < -0.3 is 89.8 Å². The number of guanidine groups is 1. The third kappa shape index (κ3) is 23.8. The van der Waals surface area contributed by atoms with E-state index in [1.165, 1.54) is 36.6 Å². The Morgan fingerprint density at radius 3 is 1.70 bits per heavy atom. The van der Waals surface area contributed by atoms with Crippen molar-refractivity contribution in [3.05, 3.63) is 167 Å². The first kappa shape index (κ1) is 79.2. The lowest BCUT2D eigenvalue weighted by Gasteiger charge is -2.31. The number of halogens is 1. The fourth-order valence-corrected chi connectivity index (χ4v) is 12.3. The molecule has 105 heavy (non-hydrogen) atoms. The molecule has 10 atom stereocenters. The first-order valence-electron chi connectivity index (χ1n) is 34.5. The van der Waals surface area contributed by atoms with Gasteiger partial charge in [-0.15, -0.1) is 0 Å². The molecule has 4 aromatic carbocycles. The number of aliphatic hydroxyl groups excluding tert-OH is 1. The largest absolute Gasteiger partial charge is 0.454 e. The Morgan fingerprint density at radius 1 is 0.571 bits per heavy atom. The highest BCUT2D eigenvalue weighted by Gasteiger charge is 2.40. The first-order valence-corrected chi connectivity index (χ1v) is 34.9. The molecule has 2 aromatic heterocycles. The molecular weight excluding hydrogens is 1370 g/mol. The van der Waals surface area contributed by atoms with Gasteiger partial charge in [0, 0.05) is 68.6 Å². The normalized spacial score (nSPS) is 15.5. The third-order valence-corrected chi connectivity index (χ3v) is 17.9. The minimum atomic E-state index is -1.82. The van der Waals surface area contributed by atoms with Gasteiger partial charge in [-0.3, -0.25) is 63.3 Å². The summed E-state index contributed by atoms with van der Waals surface area (Å²) >= 11 is 6.24. The quantitative estimate of drug-likeness (QED) is 0.0144. The maximum atomic E-state index is 15.1. The van der Waals surface area contributed by atoms with Crippen molar-refractivity contribution in [3.63, 3.8) is 0 Å². The number of carbonyl (C=O) groups excluding carboxylic acids is 11. The van der Waals surface area contributed by atoms with Crippen LogP contribution in [0.5, 0.6) is 11.5 Å². The maximum absolute atomic E-state index is 15.1. The summed E-state index contributed by atoms with van der Waals surface area (Å²) in [6.07, 6.45) is 5.98. The van der Waals surface area contributed by atoms with Crippen molar-refractivity contribution in [2.24, 2.45) is 23.1 Å². The number of benzene rings is 4. The summed E-state index contributed by atoms with van der Waals surface area (Å²) in [6, 6.07) is 16.0. The van der Waals surface area contributed by atoms with Gasteiger partial charge in [-0.1, -0.05) is 98.2 Å². The summed E-state index contributed by atoms with van der Waals surface area (Å²) in [5, 5.41) is 47.4. The predicted molar refractivity (Wildman–Crippen MR) is 387 cm³/mol. The van der Waals surface area contributed by atoms with E-state index in [1.54, 1.807) is 92.7 Å². The number of aromatic nitrogens is 2. The van der Waals surface area contributed by atoms with Crippen LogP contribution < -0.4 is 79.8 Å². The molecule has 6 aromatic rings. The lowest BCUT2D eigenvalue weighted by Crippen LogP contribution is -2.61. The smallest absolute Gasteiger partial charge is 0.312 e. The average Bonchev–Trinajstić information content (AvgIpc) is 1.73. The van der Waals surface area contributed by atoms with Crippen LogP contribution in [0.3, 0.4) is 0 Å². The van der Waals surface area contributed by atoms with Crippen molar-refractivity contribution in [1.82, 2.24) is 68.0 Å². The van der Waals surface area contributed by atoms with E-state index in [-0.39, 0.29) is 96.0 Å². The van der Waals surface area contributed by atoms with Crippen LogP contribution in [-0.2, 0) is 80.0 Å².